The lowest BCUT2D eigenvalue weighted by atomic mass is 10.2. The number of anilines is 1. The largest absolute Gasteiger partial charge is 0.419 e. The Morgan fingerprint density at radius 1 is 1.16 bits per heavy atom. The molecular formula is C13H10BrF3N2. The summed E-state index contributed by atoms with van der Waals surface area (Å²) < 4.78 is 39.1. The zero-order valence-electron chi connectivity index (χ0n) is 9.71. The summed E-state index contributed by atoms with van der Waals surface area (Å²) in [5.74, 6) is -0.157. The molecule has 0 spiro atoms. The van der Waals surface area contributed by atoms with Crippen LogP contribution in [0.3, 0.4) is 0 Å². The molecule has 0 saturated heterocycles. The van der Waals surface area contributed by atoms with Crippen molar-refractivity contribution >= 4 is 21.7 Å². The number of hydrogen-bond acceptors (Lipinski definition) is 2. The van der Waals surface area contributed by atoms with Crippen LogP contribution in [0, 0.1) is 0 Å². The molecule has 1 aromatic heterocycles. The molecule has 0 radical (unpaired) electrons. The van der Waals surface area contributed by atoms with Crippen molar-refractivity contribution < 1.29 is 13.2 Å². The van der Waals surface area contributed by atoms with Crippen LogP contribution >= 0.6 is 15.9 Å². The average molecular weight is 331 g/mol. The zero-order valence-corrected chi connectivity index (χ0v) is 11.3. The maximum atomic E-state index is 12.8. The molecule has 6 heteroatoms. The van der Waals surface area contributed by atoms with E-state index in [1.165, 1.54) is 12.3 Å². The van der Waals surface area contributed by atoms with Gasteiger partial charge in [0.1, 0.15) is 5.82 Å². The number of nitrogens with zero attached hydrogens (tertiary/aromatic N) is 1. The van der Waals surface area contributed by atoms with E-state index < -0.39 is 11.7 Å². The van der Waals surface area contributed by atoms with E-state index in [9.17, 15) is 13.2 Å². The minimum absolute atomic E-state index is 0.157. The lowest BCUT2D eigenvalue weighted by molar-refractivity contribution is -0.137. The fraction of sp³-hybridized carbons (Fsp3) is 0.154. The first-order chi connectivity index (χ1) is 8.97. The van der Waals surface area contributed by atoms with Gasteiger partial charge in [-0.25, -0.2) is 4.98 Å². The number of alkyl halides is 3. The van der Waals surface area contributed by atoms with Gasteiger partial charge in [0.2, 0.25) is 0 Å². The van der Waals surface area contributed by atoms with E-state index >= 15 is 0 Å². The molecular weight excluding hydrogens is 321 g/mol. The molecule has 1 aromatic carbocycles. The number of rotatable bonds is 3. The smallest absolute Gasteiger partial charge is 0.365 e. The van der Waals surface area contributed by atoms with Gasteiger partial charge in [-0.3, -0.25) is 0 Å². The van der Waals surface area contributed by atoms with Crippen LogP contribution in [0.2, 0.25) is 0 Å². The molecule has 0 unspecified atom stereocenters. The summed E-state index contributed by atoms with van der Waals surface area (Å²) in [6.07, 6.45) is -3.08. The lowest BCUT2D eigenvalue weighted by Crippen LogP contribution is -2.12. The van der Waals surface area contributed by atoms with Gasteiger partial charge in [-0.15, -0.1) is 0 Å². The summed E-state index contributed by atoms with van der Waals surface area (Å²) in [7, 11) is 0. The topological polar surface area (TPSA) is 24.9 Å². The van der Waals surface area contributed by atoms with Gasteiger partial charge >= 0.3 is 6.18 Å². The summed E-state index contributed by atoms with van der Waals surface area (Å²) in [6, 6.07) is 9.62. The van der Waals surface area contributed by atoms with E-state index in [-0.39, 0.29) is 12.4 Å². The molecule has 2 rings (SSSR count). The van der Waals surface area contributed by atoms with Gasteiger partial charge < -0.3 is 5.32 Å². The highest BCUT2D eigenvalue weighted by atomic mass is 79.9. The minimum Gasteiger partial charge on any atom is -0.365 e. The van der Waals surface area contributed by atoms with E-state index in [1.54, 1.807) is 0 Å². The average Bonchev–Trinajstić information content (AvgIpc) is 2.36. The van der Waals surface area contributed by atoms with Crippen molar-refractivity contribution in [2.45, 2.75) is 12.7 Å². The molecule has 0 amide bonds. The van der Waals surface area contributed by atoms with Crippen LogP contribution in [0.5, 0.6) is 0 Å². The Balaban J connectivity index is 2.16. The molecule has 0 atom stereocenters. The predicted molar refractivity (Wildman–Crippen MR) is 70.7 cm³/mol. The first-order valence-electron chi connectivity index (χ1n) is 5.47. The Kier molecular flexibility index (Phi) is 4.09. The van der Waals surface area contributed by atoms with Gasteiger partial charge in [0.25, 0.3) is 0 Å². The predicted octanol–water partition coefficient (Wildman–Crippen LogP) is 4.48. The van der Waals surface area contributed by atoms with E-state index in [4.69, 9.17) is 0 Å². The standard InChI is InChI=1S/C13H10BrF3N2/c14-10-4-1-3-9(7-10)8-19-12-11(13(15,16)17)5-2-6-18-12/h1-7H,8H2,(H,18,19). The van der Waals surface area contributed by atoms with Crippen molar-refractivity contribution in [3.8, 4) is 0 Å². The fourth-order valence-corrected chi connectivity index (χ4v) is 2.05. The number of nitrogens with one attached hydrogen (secondary N) is 1. The summed E-state index contributed by atoms with van der Waals surface area (Å²) in [5, 5.41) is 2.71. The van der Waals surface area contributed by atoms with Crippen molar-refractivity contribution in [1.29, 1.82) is 0 Å². The van der Waals surface area contributed by atoms with E-state index in [1.807, 2.05) is 24.3 Å². The van der Waals surface area contributed by atoms with E-state index in [0.717, 1.165) is 16.1 Å². The zero-order chi connectivity index (χ0) is 13.9. The van der Waals surface area contributed by atoms with Crippen LogP contribution in [-0.4, -0.2) is 4.98 Å². The van der Waals surface area contributed by atoms with Gasteiger partial charge in [-0.2, -0.15) is 13.2 Å². The third kappa shape index (κ3) is 3.70. The van der Waals surface area contributed by atoms with E-state index in [0.29, 0.717) is 0 Å². The minimum atomic E-state index is -4.41. The highest BCUT2D eigenvalue weighted by Crippen LogP contribution is 2.33. The van der Waals surface area contributed by atoms with Crippen molar-refractivity contribution in [2.24, 2.45) is 0 Å². The molecule has 2 nitrogen and oxygen atoms in total. The molecule has 0 bridgehead atoms. The number of pyridine rings is 1. The van der Waals surface area contributed by atoms with Gasteiger partial charge in [0, 0.05) is 17.2 Å². The second kappa shape index (κ2) is 5.61. The van der Waals surface area contributed by atoms with Crippen LogP contribution < -0.4 is 5.32 Å². The number of benzene rings is 1. The molecule has 1 heterocycles. The molecule has 0 saturated carbocycles. The summed E-state index contributed by atoms with van der Waals surface area (Å²) in [5.41, 5.74) is 0.109. The molecule has 0 fully saturated rings. The maximum absolute atomic E-state index is 12.8. The Morgan fingerprint density at radius 2 is 1.95 bits per heavy atom. The normalized spacial score (nSPS) is 11.4. The Hall–Kier alpha value is -1.56. The van der Waals surface area contributed by atoms with Gasteiger partial charge in [-0.05, 0) is 29.8 Å². The Morgan fingerprint density at radius 3 is 2.63 bits per heavy atom. The Labute approximate surface area is 116 Å². The quantitative estimate of drug-likeness (QED) is 0.897. The fourth-order valence-electron chi connectivity index (χ4n) is 1.61. The van der Waals surface area contributed by atoms with Crippen LogP contribution in [0.25, 0.3) is 0 Å². The van der Waals surface area contributed by atoms with Crippen molar-refractivity contribution in [3.05, 3.63) is 58.2 Å². The van der Waals surface area contributed by atoms with Crippen LogP contribution in [-0.2, 0) is 12.7 Å². The summed E-state index contributed by atoms with van der Waals surface area (Å²) in [4.78, 5) is 3.74. The van der Waals surface area contributed by atoms with Crippen LogP contribution in [0.15, 0.2) is 47.1 Å². The first-order valence-corrected chi connectivity index (χ1v) is 6.26. The number of hydrogen-bond donors (Lipinski definition) is 1. The van der Waals surface area contributed by atoms with Gasteiger partial charge in [0.15, 0.2) is 0 Å². The van der Waals surface area contributed by atoms with Crippen molar-refractivity contribution in [3.63, 3.8) is 0 Å². The molecule has 0 aliphatic carbocycles. The Bertz CT molecular complexity index is 570. The van der Waals surface area contributed by atoms with Gasteiger partial charge in [-0.1, -0.05) is 28.1 Å². The van der Waals surface area contributed by atoms with Crippen molar-refractivity contribution in [2.75, 3.05) is 5.32 Å². The van der Waals surface area contributed by atoms with E-state index in [2.05, 4.69) is 26.2 Å². The highest BCUT2D eigenvalue weighted by molar-refractivity contribution is 9.10. The molecule has 0 aliphatic rings. The summed E-state index contributed by atoms with van der Waals surface area (Å²) >= 11 is 3.31. The maximum Gasteiger partial charge on any atom is 0.419 e. The molecule has 2 aromatic rings. The second-order valence-corrected chi connectivity index (χ2v) is 4.80. The second-order valence-electron chi connectivity index (χ2n) is 3.88. The lowest BCUT2D eigenvalue weighted by Gasteiger charge is -2.13. The summed E-state index contributed by atoms with van der Waals surface area (Å²) in [6.45, 7) is 0.277. The monoisotopic (exact) mass is 330 g/mol. The highest BCUT2D eigenvalue weighted by Gasteiger charge is 2.33. The number of halogens is 4. The van der Waals surface area contributed by atoms with Gasteiger partial charge in [0.05, 0.1) is 5.56 Å². The first kappa shape index (κ1) is 13.9. The van der Waals surface area contributed by atoms with Crippen molar-refractivity contribution in [1.82, 2.24) is 4.98 Å². The molecule has 19 heavy (non-hydrogen) atoms. The van der Waals surface area contributed by atoms with Crippen LogP contribution in [0.4, 0.5) is 19.0 Å². The SMILES string of the molecule is FC(F)(F)c1cccnc1NCc1cccc(Br)c1. The molecule has 1 N–H and O–H groups in total. The molecule has 100 valence electrons. The number of aromatic nitrogens is 1. The third-order valence-electron chi connectivity index (χ3n) is 2.46. The third-order valence-corrected chi connectivity index (χ3v) is 2.96. The van der Waals surface area contributed by atoms with Crippen LogP contribution in [0.1, 0.15) is 11.1 Å². The molecule has 0 aliphatic heterocycles.